The molecule has 0 aliphatic heterocycles. The molecule has 0 aliphatic carbocycles. The van der Waals surface area contributed by atoms with E-state index >= 15 is 0 Å². The Bertz CT molecular complexity index is 166. The molecule has 64 valence electrons. The molecule has 2 heteroatoms. The third-order valence-corrected chi connectivity index (χ3v) is 1.57. The largest absolute Gasteiger partial charge is 0.515 e. The molecular weight excluding hydrogens is 140 g/mol. The molecule has 2 nitrogen and oxygen atoms in total. The summed E-state index contributed by atoms with van der Waals surface area (Å²) in [7, 11) is 0. The Balaban J connectivity index is 4.42. The van der Waals surface area contributed by atoms with E-state index in [2.05, 4.69) is 0 Å². The fourth-order valence-corrected chi connectivity index (χ4v) is 0.831. The van der Waals surface area contributed by atoms with E-state index < -0.39 is 0 Å². The molecule has 11 heavy (non-hydrogen) atoms. The van der Waals surface area contributed by atoms with Gasteiger partial charge in [-0.25, -0.2) is 0 Å². The first-order valence-electron chi connectivity index (χ1n) is 3.89. The number of allylic oxidation sites excluding steroid dienone is 1. The van der Waals surface area contributed by atoms with Gasteiger partial charge in [0.15, 0.2) is 5.78 Å². The second-order valence-corrected chi connectivity index (χ2v) is 3.26. The fourth-order valence-electron chi connectivity index (χ4n) is 0.831. The molecular formula is C9H16O2. The molecule has 0 saturated heterocycles. The number of hydrogen-bond donors (Lipinski definition) is 1. The Hall–Kier alpha value is -0.790. The summed E-state index contributed by atoms with van der Waals surface area (Å²) in [6.45, 7) is 7.44. The molecule has 0 aliphatic rings. The lowest BCUT2D eigenvalue weighted by Gasteiger charge is -2.10. The van der Waals surface area contributed by atoms with Gasteiger partial charge in [0.05, 0.1) is 6.26 Å². The van der Waals surface area contributed by atoms with Crippen LogP contribution < -0.4 is 0 Å². The van der Waals surface area contributed by atoms with Gasteiger partial charge in [0.25, 0.3) is 0 Å². The zero-order valence-corrected chi connectivity index (χ0v) is 7.59. The van der Waals surface area contributed by atoms with Gasteiger partial charge in [0.1, 0.15) is 0 Å². The highest BCUT2D eigenvalue weighted by atomic mass is 16.2. The van der Waals surface area contributed by atoms with E-state index in [-0.39, 0.29) is 17.6 Å². The van der Waals surface area contributed by atoms with Crippen LogP contribution in [0.25, 0.3) is 0 Å². The normalized spacial score (nSPS) is 12.7. The molecule has 1 N–H and O–H groups in total. The minimum Gasteiger partial charge on any atom is -0.515 e. The van der Waals surface area contributed by atoms with Crippen molar-refractivity contribution in [1.82, 2.24) is 0 Å². The van der Waals surface area contributed by atoms with Crippen LogP contribution in [-0.4, -0.2) is 10.9 Å². The number of aliphatic hydroxyl groups excluding tert-OH is 1. The predicted molar refractivity (Wildman–Crippen MR) is 45.4 cm³/mol. The zero-order valence-electron chi connectivity index (χ0n) is 7.59. The van der Waals surface area contributed by atoms with Crippen molar-refractivity contribution in [1.29, 1.82) is 0 Å². The summed E-state index contributed by atoms with van der Waals surface area (Å²) in [4.78, 5) is 11.3. The number of aliphatic hydroxyl groups is 1. The molecule has 0 rings (SSSR count). The highest BCUT2D eigenvalue weighted by Gasteiger charge is 2.16. The molecule has 0 atom stereocenters. The van der Waals surface area contributed by atoms with Crippen LogP contribution >= 0.6 is 0 Å². The maximum atomic E-state index is 11.3. The monoisotopic (exact) mass is 156 g/mol. The van der Waals surface area contributed by atoms with Crippen LogP contribution in [0.15, 0.2) is 11.8 Å². The summed E-state index contributed by atoms with van der Waals surface area (Å²) in [6, 6.07) is 0. The van der Waals surface area contributed by atoms with Gasteiger partial charge in [-0.2, -0.15) is 0 Å². The summed E-state index contributed by atoms with van der Waals surface area (Å²) in [6.07, 6.45) is 0.924. The van der Waals surface area contributed by atoms with E-state index in [0.717, 1.165) is 6.26 Å². The minimum absolute atomic E-state index is 0.0301. The van der Waals surface area contributed by atoms with Crippen LogP contribution in [0, 0.1) is 11.8 Å². The van der Waals surface area contributed by atoms with E-state index in [4.69, 9.17) is 5.11 Å². The van der Waals surface area contributed by atoms with Crippen LogP contribution in [0.3, 0.4) is 0 Å². The molecule has 0 radical (unpaired) electrons. The van der Waals surface area contributed by atoms with Gasteiger partial charge in [-0.1, -0.05) is 27.7 Å². The average molecular weight is 156 g/mol. The van der Waals surface area contributed by atoms with Crippen LogP contribution in [0.2, 0.25) is 0 Å². The third-order valence-electron chi connectivity index (χ3n) is 1.57. The molecule has 0 aromatic rings. The van der Waals surface area contributed by atoms with Crippen molar-refractivity contribution in [2.24, 2.45) is 11.8 Å². The molecule has 0 aromatic heterocycles. The van der Waals surface area contributed by atoms with E-state index in [0.29, 0.717) is 5.57 Å². The van der Waals surface area contributed by atoms with Gasteiger partial charge < -0.3 is 5.11 Å². The average Bonchev–Trinajstić information content (AvgIpc) is 1.88. The summed E-state index contributed by atoms with van der Waals surface area (Å²) in [5.74, 6) is 0.105. The smallest absolute Gasteiger partial charge is 0.164 e. The fraction of sp³-hybridized carbons (Fsp3) is 0.667. The summed E-state index contributed by atoms with van der Waals surface area (Å²) < 4.78 is 0. The predicted octanol–water partition coefficient (Wildman–Crippen LogP) is 2.31. The van der Waals surface area contributed by atoms with Crippen molar-refractivity contribution in [3.05, 3.63) is 11.8 Å². The maximum absolute atomic E-state index is 11.3. The Labute approximate surface area is 67.9 Å². The Morgan fingerprint density at radius 3 is 1.73 bits per heavy atom. The lowest BCUT2D eigenvalue weighted by molar-refractivity contribution is -0.118. The molecule has 0 saturated carbocycles. The Kier molecular flexibility index (Phi) is 3.86. The number of rotatable bonds is 3. The second kappa shape index (κ2) is 4.16. The van der Waals surface area contributed by atoms with E-state index in [9.17, 15) is 4.79 Å². The first-order chi connectivity index (χ1) is 5.00. The van der Waals surface area contributed by atoms with Crippen molar-refractivity contribution in [3.63, 3.8) is 0 Å². The number of ketones is 1. The van der Waals surface area contributed by atoms with Crippen molar-refractivity contribution < 1.29 is 9.90 Å². The van der Waals surface area contributed by atoms with Crippen molar-refractivity contribution in [2.45, 2.75) is 27.7 Å². The highest BCUT2D eigenvalue weighted by molar-refractivity contribution is 5.96. The number of carbonyl (C=O) groups is 1. The topological polar surface area (TPSA) is 37.3 Å². The third kappa shape index (κ3) is 2.74. The molecule has 0 fully saturated rings. The molecule has 0 unspecified atom stereocenters. The zero-order chi connectivity index (χ0) is 9.02. The van der Waals surface area contributed by atoms with Gasteiger partial charge in [0.2, 0.25) is 0 Å². The van der Waals surface area contributed by atoms with Gasteiger partial charge in [-0.05, 0) is 5.92 Å². The molecule has 0 aromatic carbocycles. The van der Waals surface area contributed by atoms with E-state index in [1.807, 2.05) is 27.7 Å². The summed E-state index contributed by atoms with van der Waals surface area (Å²) >= 11 is 0. The summed E-state index contributed by atoms with van der Waals surface area (Å²) in [5, 5.41) is 8.73. The van der Waals surface area contributed by atoms with Crippen LogP contribution in [0.5, 0.6) is 0 Å². The van der Waals surface area contributed by atoms with Gasteiger partial charge in [-0.15, -0.1) is 0 Å². The number of Topliss-reactive ketones (excluding diaryl/α,β-unsaturated/α-hetero) is 1. The van der Waals surface area contributed by atoms with E-state index in [1.54, 1.807) is 0 Å². The molecule has 0 amide bonds. The van der Waals surface area contributed by atoms with Gasteiger partial charge in [0, 0.05) is 11.5 Å². The van der Waals surface area contributed by atoms with Gasteiger partial charge >= 0.3 is 0 Å². The van der Waals surface area contributed by atoms with Crippen LogP contribution in [0.4, 0.5) is 0 Å². The Morgan fingerprint density at radius 2 is 1.64 bits per heavy atom. The quantitative estimate of drug-likeness (QED) is 0.503. The number of hydrogen-bond acceptors (Lipinski definition) is 2. The molecule has 0 bridgehead atoms. The lowest BCUT2D eigenvalue weighted by atomic mass is 9.94. The van der Waals surface area contributed by atoms with E-state index in [1.165, 1.54) is 0 Å². The molecule has 0 heterocycles. The minimum atomic E-state index is -0.0317. The van der Waals surface area contributed by atoms with Crippen molar-refractivity contribution >= 4 is 5.78 Å². The SMILES string of the molecule is CC(C)C(=O)/C(=C\O)C(C)C. The van der Waals surface area contributed by atoms with Crippen LogP contribution in [-0.2, 0) is 4.79 Å². The lowest BCUT2D eigenvalue weighted by Crippen LogP contribution is -2.14. The van der Waals surface area contributed by atoms with Crippen molar-refractivity contribution in [3.8, 4) is 0 Å². The maximum Gasteiger partial charge on any atom is 0.164 e. The first kappa shape index (κ1) is 10.2. The summed E-state index contributed by atoms with van der Waals surface area (Å²) in [5.41, 5.74) is 0.514. The number of carbonyl (C=O) groups excluding carboxylic acids is 1. The standard InChI is InChI=1S/C9H16O2/c1-6(2)8(5-10)9(11)7(3)4/h5-7,10H,1-4H3/b8-5-. The van der Waals surface area contributed by atoms with Crippen LogP contribution in [0.1, 0.15) is 27.7 Å². The van der Waals surface area contributed by atoms with Crippen molar-refractivity contribution in [2.75, 3.05) is 0 Å². The first-order valence-corrected chi connectivity index (χ1v) is 3.89. The Morgan fingerprint density at radius 1 is 1.18 bits per heavy atom. The molecule has 0 spiro atoms. The van der Waals surface area contributed by atoms with Gasteiger partial charge in [-0.3, -0.25) is 4.79 Å². The highest BCUT2D eigenvalue weighted by Crippen LogP contribution is 2.14. The second-order valence-electron chi connectivity index (χ2n) is 3.26.